The minimum absolute atomic E-state index is 0.00930. The van der Waals surface area contributed by atoms with Gasteiger partial charge in [0.05, 0.1) is 6.10 Å². The highest BCUT2D eigenvalue weighted by molar-refractivity contribution is 5.84. The van der Waals surface area contributed by atoms with Gasteiger partial charge in [-0.2, -0.15) is 0 Å². The Bertz CT molecular complexity index is 360. The lowest BCUT2D eigenvalue weighted by Gasteiger charge is -2.29. The van der Waals surface area contributed by atoms with E-state index in [0.29, 0.717) is 5.92 Å². The molecule has 1 fully saturated rings. The van der Waals surface area contributed by atoms with Gasteiger partial charge in [-0.25, -0.2) is 4.79 Å². The monoisotopic (exact) mass is 310 g/mol. The molecule has 0 saturated carbocycles. The summed E-state index contributed by atoms with van der Waals surface area (Å²) in [6.07, 6.45) is 12.7. The second-order valence-electron chi connectivity index (χ2n) is 6.59. The van der Waals surface area contributed by atoms with Gasteiger partial charge in [0, 0.05) is 12.7 Å². The van der Waals surface area contributed by atoms with Crippen LogP contribution in [0.1, 0.15) is 65.2 Å². The lowest BCUT2D eigenvalue weighted by molar-refractivity contribution is -0.193. The molecule has 2 heterocycles. The summed E-state index contributed by atoms with van der Waals surface area (Å²) in [7, 11) is 0. The fourth-order valence-corrected chi connectivity index (χ4v) is 2.98. The van der Waals surface area contributed by atoms with Crippen molar-refractivity contribution in [2.45, 2.75) is 83.7 Å². The highest BCUT2D eigenvalue weighted by atomic mass is 16.7. The van der Waals surface area contributed by atoms with E-state index < -0.39 is 0 Å². The number of hydrogen-bond donors (Lipinski definition) is 0. The number of unbranched alkanes of at least 4 members (excludes halogenated alkanes) is 2. The summed E-state index contributed by atoms with van der Waals surface area (Å²) >= 11 is 0. The molecule has 4 nitrogen and oxygen atoms in total. The van der Waals surface area contributed by atoms with Crippen molar-refractivity contribution in [3.05, 3.63) is 12.2 Å². The molecular weight excluding hydrogens is 280 g/mol. The molecule has 0 aromatic carbocycles. The Labute approximate surface area is 134 Å². The first kappa shape index (κ1) is 17.5. The van der Waals surface area contributed by atoms with Gasteiger partial charge in [-0.05, 0) is 57.4 Å². The van der Waals surface area contributed by atoms with Gasteiger partial charge in [0.2, 0.25) is 0 Å². The number of carbonyl (C=O) groups is 1. The summed E-state index contributed by atoms with van der Waals surface area (Å²) in [5.74, 6) is 0.351. The summed E-state index contributed by atoms with van der Waals surface area (Å²) in [5, 5.41) is 0. The molecule has 0 aromatic heterocycles. The van der Waals surface area contributed by atoms with Crippen molar-refractivity contribution in [3.63, 3.8) is 0 Å². The van der Waals surface area contributed by atoms with Crippen LogP contribution in [0.3, 0.4) is 0 Å². The topological polar surface area (TPSA) is 44.8 Å². The molecule has 0 amide bonds. The Kier molecular flexibility index (Phi) is 7.40. The largest absolute Gasteiger partial charge is 0.455 e. The van der Waals surface area contributed by atoms with E-state index in [1.165, 1.54) is 31.8 Å². The standard InChI is InChI=1S/C18H30O4/c1-14(15(2)21-18-10-6-7-13-20-18)8-4-3-5-9-16-11-12-17(19)22-16/h11-12,14-16,18H,3-10,13H2,1-2H3. The maximum absolute atomic E-state index is 10.9. The Balaban J connectivity index is 1.50. The van der Waals surface area contributed by atoms with Crippen LogP contribution < -0.4 is 0 Å². The van der Waals surface area contributed by atoms with Crippen LogP contribution in [0.4, 0.5) is 0 Å². The fraction of sp³-hybridized carbons (Fsp3) is 0.833. The van der Waals surface area contributed by atoms with Gasteiger partial charge in [-0.1, -0.05) is 19.8 Å². The number of esters is 1. The van der Waals surface area contributed by atoms with Gasteiger partial charge >= 0.3 is 5.97 Å². The van der Waals surface area contributed by atoms with Crippen molar-refractivity contribution in [1.82, 2.24) is 0 Å². The third kappa shape index (κ3) is 6.09. The maximum Gasteiger partial charge on any atom is 0.331 e. The number of ether oxygens (including phenoxy) is 3. The predicted octanol–water partition coefficient (Wildman–Crippen LogP) is 3.99. The van der Waals surface area contributed by atoms with Crippen LogP contribution in [0.25, 0.3) is 0 Å². The molecule has 2 rings (SSSR count). The zero-order valence-corrected chi connectivity index (χ0v) is 14.0. The minimum Gasteiger partial charge on any atom is -0.455 e. The predicted molar refractivity (Wildman–Crippen MR) is 85.4 cm³/mol. The Morgan fingerprint density at radius 1 is 1.27 bits per heavy atom. The number of rotatable bonds is 9. The summed E-state index contributed by atoms with van der Waals surface area (Å²) in [4.78, 5) is 10.9. The molecule has 0 N–H and O–H groups in total. The van der Waals surface area contributed by atoms with E-state index in [1.54, 1.807) is 0 Å². The van der Waals surface area contributed by atoms with Crippen LogP contribution in [0.15, 0.2) is 12.2 Å². The number of cyclic esters (lactones) is 1. The van der Waals surface area contributed by atoms with Crippen LogP contribution >= 0.6 is 0 Å². The molecule has 2 aliphatic heterocycles. The lowest BCUT2D eigenvalue weighted by Crippen LogP contribution is -2.29. The quantitative estimate of drug-likeness (QED) is 0.477. The van der Waals surface area contributed by atoms with Gasteiger partial charge in [-0.15, -0.1) is 0 Å². The molecular formula is C18H30O4. The van der Waals surface area contributed by atoms with Gasteiger partial charge in [0.15, 0.2) is 6.29 Å². The molecule has 1 saturated heterocycles. The van der Waals surface area contributed by atoms with Crippen LogP contribution in [0, 0.1) is 5.92 Å². The highest BCUT2D eigenvalue weighted by Crippen LogP contribution is 2.22. The van der Waals surface area contributed by atoms with Crippen molar-refractivity contribution in [2.75, 3.05) is 6.61 Å². The van der Waals surface area contributed by atoms with Crippen LogP contribution in [-0.4, -0.2) is 31.1 Å². The molecule has 22 heavy (non-hydrogen) atoms. The molecule has 0 aliphatic carbocycles. The molecule has 4 atom stereocenters. The molecule has 126 valence electrons. The Morgan fingerprint density at radius 2 is 2.14 bits per heavy atom. The van der Waals surface area contributed by atoms with Crippen molar-refractivity contribution < 1.29 is 19.0 Å². The molecule has 0 radical (unpaired) electrons. The maximum atomic E-state index is 10.9. The van der Waals surface area contributed by atoms with Gasteiger partial charge in [0.1, 0.15) is 6.10 Å². The fourth-order valence-electron chi connectivity index (χ4n) is 2.98. The van der Waals surface area contributed by atoms with Crippen molar-refractivity contribution in [1.29, 1.82) is 0 Å². The smallest absolute Gasteiger partial charge is 0.331 e. The van der Waals surface area contributed by atoms with Crippen molar-refractivity contribution in [2.24, 2.45) is 5.92 Å². The van der Waals surface area contributed by atoms with E-state index in [9.17, 15) is 4.79 Å². The third-order valence-electron chi connectivity index (χ3n) is 4.67. The lowest BCUT2D eigenvalue weighted by atomic mass is 9.97. The second-order valence-corrected chi connectivity index (χ2v) is 6.59. The summed E-state index contributed by atoms with van der Waals surface area (Å²) in [6.45, 7) is 5.26. The molecule has 4 heteroatoms. The normalized spacial score (nSPS) is 27.6. The van der Waals surface area contributed by atoms with E-state index in [4.69, 9.17) is 14.2 Å². The van der Waals surface area contributed by atoms with Crippen LogP contribution in [0.5, 0.6) is 0 Å². The van der Waals surface area contributed by atoms with Gasteiger partial charge in [0.25, 0.3) is 0 Å². The summed E-state index contributed by atoms with van der Waals surface area (Å²) < 4.78 is 16.8. The SMILES string of the molecule is CC(CCCCCC1C=CC(=O)O1)C(C)OC1CCCCO1. The Hall–Kier alpha value is -0.870. The van der Waals surface area contributed by atoms with Gasteiger partial charge < -0.3 is 14.2 Å². The first-order chi connectivity index (χ1) is 10.6. The first-order valence-electron chi connectivity index (χ1n) is 8.81. The molecule has 0 spiro atoms. The molecule has 4 unspecified atom stereocenters. The molecule has 0 aromatic rings. The number of hydrogen-bond acceptors (Lipinski definition) is 4. The molecule has 2 aliphatic rings. The minimum atomic E-state index is -0.200. The van der Waals surface area contributed by atoms with Crippen LogP contribution in [0.2, 0.25) is 0 Å². The second kappa shape index (κ2) is 9.31. The van der Waals surface area contributed by atoms with E-state index >= 15 is 0 Å². The first-order valence-corrected chi connectivity index (χ1v) is 8.81. The average molecular weight is 310 g/mol. The third-order valence-corrected chi connectivity index (χ3v) is 4.67. The van der Waals surface area contributed by atoms with E-state index in [2.05, 4.69) is 13.8 Å². The Morgan fingerprint density at radius 3 is 2.82 bits per heavy atom. The van der Waals surface area contributed by atoms with Crippen LogP contribution in [-0.2, 0) is 19.0 Å². The average Bonchev–Trinajstić information content (AvgIpc) is 2.93. The number of carbonyl (C=O) groups excluding carboxylic acids is 1. The summed E-state index contributed by atoms with van der Waals surface area (Å²) in [6, 6.07) is 0. The highest BCUT2D eigenvalue weighted by Gasteiger charge is 2.21. The zero-order chi connectivity index (χ0) is 15.8. The van der Waals surface area contributed by atoms with Crippen molar-refractivity contribution in [3.8, 4) is 0 Å². The van der Waals surface area contributed by atoms with Gasteiger partial charge in [-0.3, -0.25) is 0 Å². The van der Waals surface area contributed by atoms with E-state index in [0.717, 1.165) is 32.3 Å². The zero-order valence-electron chi connectivity index (χ0n) is 14.0. The molecule has 0 bridgehead atoms. The van der Waals surface area contributed by atoms with E-state index in [1.807, 2.05) is 6.08 Å². The summed E-state index contributed by atoms with van der Waals surface area (Å²) in [5.41, 5.74) is 0. The van der Waals surface area contributed by atoms with E-state index in [-0.39, 0.29) is 24.5 Å². The van der Waals surface area contributed by atoms with Crippen molar-refractivity contribution >= 4 is 5.97 Å².